The van der Waals surface area contributed by atoms with Crippen molar-refractivity contribution in [2.24, 2.45) is 11.1 Å². The number of hydrogen-bond acceptors (Lipinski definition) is 7. The molecule has 1 atom stereocenters. The average Bonchev–Trinajstić information content (AvgIpc) is 3.27. The van der Waals surface area contributed by atoms with Gasteiger partial charge in [-0.25, -0.2) is 23.5 Å². The number of piperidine rings is 1. The molecule has 3 N–H and O–H groups in total. The van der Waals surface area contributed by atoms with Crippen molar-refractivity contribution in [3.8, 4) is 0 Å². The van der Waals surface area contributed by atoms with Crippen LogP contribution in [0, 0.1) is 5.92 Å². The number of aromatic amines is 1. The molecule has 33 heavy (non-hydrogen) atoms. The fourth-order valence-corrected chi connectivity index (χ4v) is 6.03. The molecule has 11 heteroatoms. The lowest BCUT2D eigenvalue weighted by molar-refractivity contribution is -0.134. The van der Waals surface area contributed by atoms with E-state index in [-0.39, 0.29) is 17.6 Å². The lowest BCUT2D eigenvalue weighted by Gasteiger charge is -2.38. The van der Waals surface area contributed by atoms with Gasteiger partial charge in [0.2, 0.25) is 15.9 Å². The number of aromatic nitrogens is 3. The number of rotatable bonds is 5. The Morgan fingerprint density at radius 3 is 2.76 bits per heavy atom. The molecule has 0 radical (unpaired) electrons. The number of nitrogens with two attached hydrogens (primary N) is 1. The Hall–Kier alpha value is -2.76. The minimum absolute atomic E-state index is 0.0559. The summed E-state index contributed by atoms with van der Waals surface area (Å²) in [5.74, 6) is -0.0627. The van der Waals surface area contributed by atoms with E-state index >= 15 is 0 Å². The highest BCUT2D eigenvalue weighted by Gasteiger charge is 2.28. The van der Waals surface area contributed by atoms with E-state index in [4.69, 9.17) is 5.14 Å². The number of hydrogen-bond donors (Lipinski definition) is 2. The highest BCUT2D eigenvalue weighted by atomic mass is 32.2. The van der Waals surface area contributed by atoms with Gasteiger partial charge in [0.1, 0.15) is 0 Å². The second-order valence-corrected chi connectivity index (χ2v) is 10.7. The Balaban J connectivity index is 1.22. The molecule has 2 aliphatic rings. The Kier molecular flexibility index (Phi) is 5.94. The van der Waals surface area contributed by atoms with Crippen LogP contribution in [-0.4, -0.2) is 90.6 Å². The molecule has 3 aromatic heterocycles. The van der Waals surface area contributed by atoms with Gasteiger partial charge in [0.15, 0.2) is 5.65 Å². The van der Waals surface area contributed by atoms with Crippen LogP contribution in [0.1, 0.15) is 12.8 Å². The van der Waals surface area contributed by atoms with E-state index in [0.29, 0.717) is 19.6 Å². The maximum absolute atomic E-state index is 12.9. The summed E-state index contributed by atoms with van der Waals surface area (Å²) in [6.45, 7) is 4.72. The summed E-state index contributed by atoms with van der Waals surface area (Å²) in [6.07, 6.45) is 7.16. The average molecular weight is 472 g/mol. The molecule has 5 heterocycles. The number of pyridine rings is 2. The molecule has 1 unspecified atom stereocenters. The largest absolute Gasteiger partial charge is 0.368 e. The van der Waals surface area contributed by atoms with E-state index in [1.54, 1.807) is 11.1 Å². The van der Waals surface area contributed by atoms with Gasteiger partial charge in [0.25, 0.3) is 0 Å². The first kappa shape index (κ1) is 22.1. The Labute approximate surface area is 192 Å². The van der Waals surface area contributed by atoms with Crippen molar-refractivity contribution in [3.05, 3.63) is 30.7 Å². The lowest BCUT2D eigenvalue weighted by Crippen LogP contribution is -2.51. The summed E-state index contributed by atoms with van der Waals surface area (Å²) >= 11 is 0. The molecule has 1 amide bonds. The summed E-state index contributed by atoms with van der Waals surface area (Å²) in [6, 6.07) is 4.09. The molecule has 5 rings (SSSR count). The quantitative estimate of drug-likeness (QED) is 0.562. The summed E-state index contributed by atoms with van der Waals surface area (Å²) < 4.78 is 22.9. The maximum Gasteiger partial charge on any atom is 0.236 e. The van der Waals surface area contributed by atoms with Crippen LogP contribution in [0.5, 0.6) is 0 Å². The summed E-state index contributed by atoms with van der Waals surface area (Å²) in [7, 11) is -3.52. The van der Waals surface area contributed by atoms with E-state index in [9.17, 15) is 13.2 Å². The van der Waals surface area contributed by atoms with Crippen molar-refractivity contribution >= 4 is 43.6 Å². The number of H-pyrrole nitrogens is 1. The number of carbonyl (C=O) groups is 1. The number of piperazine rings is 1. The van der Waals surface area contributed by atoms with E-state index in [2.05, 4.69) is 30.8 Å². The summed E-state index contributed by atoms with van der Waals surface area (Å²) in [5, 5.41) is 7.37. The molecule has 2 aliphatic heterocycles. The third-order valence-corrected chi connectivity index (χ3v) is 7.62. The zero-order valence-corrected chi connectivity index (χ0v) is 19.3. The number of likely N-dealkylation sites (tertiary alicyclic amines) is 1. The van der Waals surface area contributed by atoms with Gasteiger partial charge in [-0.1, -0.05) is 0 Å². The van der Waals surface area contributed by atoms with Gasteiger partial charge >= 0.3 is 0 Å². The number of nitrogens with zero attached hydrogens (tertiary/aromatic N) is 5. The van der Waals surface area contributed by atoms with Crippen LogP contribution in [0.2, 0.25) is 0 Å². The van der Waals surface area contributed by atoms with Crippen molar-refractivity contribution in [2.45, 2.75) is 12.8 Å². The SMILES string of the molecule is NS(=O)(=O)CC1CCCN(C(=O)CN2CCN(c3cc[nH]c4cnc5nccc5c34)CC2)C1. The van der Waals surface area contributed by atoms with E-state index in [0.717, 1.165) is 66.6 Å². The lowest BCUT2D eigenvalue weighted by atomic mass is 10.00. The molecule has 0 bridgehead atoms. The first-order valence-corrected chi connectivity index (χ1v) is 13.1. The fraction of sp³-hybridized carbons (Fsp3) is 0.500. The highest BCUT2D eigenvalue weighted by molar-refractivity contribution is 7.89. The minimum atomic E-state index is -3.52. The summed E-state index contributed by atoms with van der Waals surface area (Å²) in [5.41, 5.74) is 2.87. The molecule has 0 spiro atoms. The van der Waals surface area contributed by atoms with E-state index in [1.165, 1.54) is 0 Å². The van der Waals surface area contributed by atoms with Crippen LogP contribution in [0.3, 0.4) is 0 Å². The predicted octanol–water partition coefficient (Wildman–Crippen LogP) is 0.760. The van der Waals surface area contributed by atoms with Gasteiger partial charge in [0.05, 0.1) is 24.0 Å². The van der Waals surface area contributed by atoms with Gasteiger partial charge < -0.3 is 14.8 Å². The van der Waals surface area contributed by atoms with Gasteiger partial charge in [-0.3, -0.25) is 9.69 Å². The molecule has 2 saturated heterocycles. The van der Waals surface area contributed by atoms with Crippen molar-refractivity contribution in [1.29, 1.82) is 0 Å². The van der Waals surface area contributed by atoms with Crippen LogP contribution in [0.4, 0.5) is 5.69 Å². The summed E-state index contributed by atoms with van der Waals surface area (Å²) in [4.78, 5) is 31.3. The third-order valence-electron chi connectivity index (χ3n) is 6.68. The number of primary sulfonamides is 1. The molecule has 2 fully saturated rings. The van der Waals surface area contributed by atoms with E-state index < -0.39 is 10.0 Å². The second kappa shape index (κ2) is 8.88. The number of nitrogens with one attached hydrogen (secondary N) is 1. The van der Waals surface area contributed by atoms with Crippen molar-refractivity contribution < 1.29 is 13.2 Å². The van der Waals surface area contributed by atoms with Gasteiger partial charge in [-0.05, 0) is 30.9 Å². The monoisotopic (exact) mass is 471 g/mol. The molecular weight excluding hydrogens is 442 g/mol. The molecule has 0 aliphatic carbocycles. The fourth-order valence-electron chi connectivity index (χ4n) is 5.10. The smallest absolute Gasteiger partial charge is 0.236 e. The topological polar surface area (TPSA) is 129 Å². The standard InChI is InChI=1S/C22H29N7O3S/c23-33(31,32)15-16-2-1-7-29(13-16)20(30)14-27-8-10-28(11-9-27)19-4-6-24-18-12-26-22-17(21(18)19)3-5-25-22/h3-6,12,16,24H,1-2,7-11,13-15H2,(H2,23,31,32). The van der Waals surface area contributed by atoms with Crippen molar-refractivity contribution in [3.63, 3.8) is 0 Å². The number of amides is 1. The van der Waals surface area contributed by atoms with Crippen molar-refractivity contribution in [1.82, 2.24) is 24.8 Å². The Morgan fingerprint density at radius 1 is 1.15 bits per heavy atom. The minimum Gasteiger partial charge on any atom is -0.368 e. The Bertz CT molecular complexity index is 1270. The van der Waals surface area contributed by atoms with Gasteiger partial charge in [-0.2, -0.15) is 0 Å². The van der Waals surface area contributed by atoms with Crippen LogP contribution >= 0.6 is 0 Å². The third kappa shape index (κ3) is 4.80. The van der Waals surface area contributed by atoms with Crippen LogP contribution < -0.4 is 10.0 Å². The highest BCUT2D eigenvalue weighted by Crippen LogP contribution is 2.31. The van der Waals surface area contributed by atoms with Crippen LogP contribution in [0.25, 0.3) is 21.9 Å². The Morgan fingerprint density at radius 2 is 1.97 bits per heavy atom. The molecule has 3 aromatic rings. The number of anilines is 1. The zero-order valence-electron chi connectivity index (χ0n) is 18.5. The molecule has 10 nitrogen and oxygen atoms in total. The number of sulfonamides is 1. The second-order valence-electron chi connectivity index (χ2n) is 9.03. The van der Waals surface area contributed by atoms with Crippen molar-refractivity contribution in [2.75, 3.05) is 56.5 Å². The predicted molar refractivity (Wildman–Crippen MR) is 127 cm³/mol. The first-order valence-electron chi connectivity index (χ1n) is 11.3. The molecule has 0 aromatic carbocycles. The van der Waals surface area contributed by atoms with Crippen LogP contribution in [-0.2, 0) is 14.8 Å². The molecule has 0 saturated carbocycles. The first-order chi connectivity index (χ1) is 15.9. The molecular formula is C22H29N7O3S. The van der Waals surface area contributed by atoms with Gasteiger partial charge in [0, 0.05) is 68.1 Å². The van der Waals surface area contributed by atoms with Gasteiger partial charge in [-0.15, -0.1) is 0 Å². The number of fused-ring (bicyclic) bond motifs is 3. The van der Waals surface area contributed by atoms with E-state index in [1.807, 2.05) is 18.5 Å². The molecule has 176 valence electrons. The normalized spacial score (nSPS) is 20.6. The van der Waals surface area contributed by atoms with Crippen LogP contribution in [0.15, 0.2) is 30.7 Å². The maximum atomic E-state index is 12.9. The zero-order chi connectivity index (χ0) is 23.0. The number of carbonyl (C=O) groups excluding carboxylic acids is 1.